The first-order valence-electron chi connectivity index (χ1n) is 10.7. The summed E-state index contributed by atoms with van der Waals surface area (Å²) in [5, 5.41) is 6.04. The Morgan fingerprint density at radius 2 is 1.88 bits per heavy atom. The fourth-order valence-electron chi connectivity index (χ4n) is 4.98. The summed E-state index contributed by atoms with van der Waals surface area (Å²) in [6.07, 6.45) is 0.704. The summed E-state index contributed by atoms with van der Waals surface area (Å²) in [7, 11) is 3.65. The Hall–Kier alpha value is -2.81. The van der Waals surface area contributed by atoms with Gasteiger partial charge in [-0.3, -0.25) is 9.59 Å². The molecule has 2 N–H and O–H groups in total. The van der Waals surface area contributed by atoms with Crippen molar-refractivity contribution in [3.63, 3.8) is 0 Å². The molecule has 6 nitrogen and oxygen atoms in total. The van der Waals surface area contributed by atoms with Gasteiger partial charge in [-0.15, -0.1) is 0 Å². The quantitative estimate of drug-likeness (QED) is 0.713. The van der Waals surface area contributed by atoms with Crippen LogP contribution in [0.4, 0.5) is 18.9 Å². The van der Waals surface area contributed by atoms with Crippen molar-refractivity contribution in [1.29, 1.82) is 0 Å². The third-order valence-corrected chi connectivity index (χ3v) is 6.59. The second-order valence-corrected chi connectivity index (χ2v) is 8.84. The number of amides is 1. The predicted octanol–water partition coefficient (Wildman–Crippen LogP) is 3.14. The van der Waals surface area contributed by atoms with Crippen LogP contribution in [0.3, 0.4) is 0 Å². The van der Waals surface area contributed by atoms with Crippen LogP contribution in [0.2, 0.25) is 0 Å². The topological polar surface area (TPSA) is 66.4 Å². The van der Waals surface area contributed by atoms with Crippen LogP contribution in [-0.4, -0.2) is 41.6 Å². The summed E-state index contributed by atoms with van der Waals surface area (Å²) in [4.78, 5) is 27.5. The number of hydrogen-bond donors (Lipinski definition) is 2. The van der Waals surface area contributed by atoms with E-state index >= 15 is 0 Å². The number of halogens is 3. The molecule has 1 saturated heterocycles. The largest absolute Gasteiger partial charge is 0.381 e. The van der Waals surface area contributed by atoms with E-state index in [9.17, 15) is 22.8 Å². The summed E-state index contributed by atoms with van der Waals surface area (Å²) in [5.74, 6) is -0.662. The molecule has 1 aromatic carbocycles. The van der Waals surface area contributed by atoms with Crippen LogP contribution >= 0.6 is 0 Å². The van der Waals surface area contributed by atoms with Gasteiger partial charge < -0.3 is 20.1 Å². The van der Waals surface area contributed by atoms with Crippen LogP contribution in [0.15, 0.2) is 35.3 Å². The molecular formula is C23H27F3N4O2. The number of rotatable bonds is 6. The van der Waals surface area contributed by atoms with Crippen LogP contribution in [0.1, 0.15) is 40.8 Å². The molecule has 0 radical (unpaired) electrons. The molecule has 3 atom stereocenters. The van der Waals surface area contributed by atoms with Crippen molar-refractivity contribution in [2.75, 3.05) is 25.5 Å². The van der Waals surface area contributed by atoms with Gasteiger partial charge in [-0.05, 0) is 31.7 Å². The Morgan fingerprint density at radius 1 is 1.19 bits per heavy atom. The summed E-state index contributed by atoms with van der Waals surface area (Å²) in [6.45, 7) is 1.67. The molecule has 9 heteroatoms. The number of anilines is 1. The van der Waals surface area contributed by atoms with Crippen molar-refractivity contribution >= 4 is 11.6 Å². The van der Waals surface area contributed by atoms with Crippen molar-refractivity contribution in [3.05, 3.63) is 63.3 Å². The molecule has 1 amide bonds. The van der Waals surface area contributed by atoms with E-state index < -0.39 is 23.7 Å². The van der Waals surface area contributed by atoms with Gasteiger partial charge in [0.2, 0.25) is 0 Å². The molecule has 32 heavy (non-hydrogen) atoms. The van der Waals surface area contributed by atoms with Gasteiger partial charge in [0.1, 0.15) is 5.82 Å². The van der Waals surface area contributed by atoms with E-state index in [4.69, 9.17) is 0 Å². The molecule has 2 heterocycles. The van der Waals surface area contributed by atoms with E-state index in [1.165, 1.54) is 29.0 Å². The van der Waals surface area contributed by atoms with Gasteiger partial charge in [-0.2, -0.15) is 0 Å². The highest BCUT2D eigenvalue weighted by molar-refractivity contribution is 5.99. The highest BCUT2D eigenvalue weighted by Crippen LogP contribution is 2.38. The number of nitrogens with zero attached hydrogens (tertiary/aromatic N) is 2. The van der Waals surface area contributed by atoms with Crippen molar-refractivity contribution < 1.29 is 18.0 Å². The number of piperidine rings is 1. The number of fused-ring (bicyclic) bond motifs is 2. The number of carbonyl (C=O) groups is 1. The molecule has 2 fully saturated rings. The van der Waals surface area contributed by atoms with Crippen LogP contribution < -0.4 is 16.2 Å². The van der Waals surface area contributed by atoms with E-state index in [1.807, 2.05) is 0 Å². The van der Waals surface area contributed by atoms with Crippen molar-refractivity contribution in [1.82, 2.24) is 14.8 Å². The molecule has 1 aliphatic heterocycles. The van der Waals surface area contributed by atoms with Gasteiger partial charge in [-0.25, -0.2) is 13.2 Å². The Morgan fingerprint density at radius 3 is 2.53 bits per heavy atom. The number of aromatic nitrogens is 1. The molecule has 4 rings (SSSR count). The van der Waals surface area contributed by atoms with E-state index in [0.717, 1.165) is 32.0 Å². The smallest absolute Gasteiger partial charge is 0.266 e. The summed E-state index contributed by atoms with van der Waals surface area (Å²) >= 11 is 0. The van der Waals surface area contributed by atoms with Gasteiger partial charge in [0.25, 0.3) is 17.9 Å². The fourth-order valence-corrected chi connectivity index (χ4v) is 4.98. The maximum atomic E-state index is 14.3. The molecule has 2 unspecified atom stereocenters. The fraction of sp³-hybridized carbons (Fsp3) is 0.478. The third kappa shape index (κ3) is 4.39. The normalized spacial score (nSPS) is 22.9. The number of aryl methyl sites for hydroxylation is 1. The van der Waals surface area contributed by atoms with Gasteiger partial charge in [0.05, 0.1) is 16.8 Å². The maximum Gasteiger partial charge on any atom is 0.266 e. The number of pyridine rings is 1. The zero-order chi connectivity index (χ0) is 23.0. The van der Waals surface area contributed by atoms with E-state index in [1.54, 1.807) is 7.05 Å². The molecule has 2 aromatic rings. The Bertz CT molecular complexity index is 1060. The Kier molecular flexibility index (Phi) is 6.28. The second kappa shape index (κ2) is 8.97. The summed E-state index contributed by atoms with van der Waals surface area (Å²) in [6, 6.07) is 5.30. The SMILES string of the molecule is CN1CC2CC[C@@H](C1)C2Nc1cc(=O)n(C)cc1C(=O)NCc1cccc(C(F)F)c1F. The molecule has 2 aliphatic rings. The van der Waals surface area contributed by atoms with Crippen LogP contribution in [0.25, 0.3) is 0 Å². The van der Waals surface area contributed by atoms with Gasteiger partial charge in [0.15, 0.2) is 0 Å². The van der Waals surface area contributed by atoms with Crippen molar-refractivity contribution in [2.45, 2.75) is 31.9 Å². The molecule has 1 saturated carbocycles. The van der Waals surface area contributed by atoms with Crippen molar-refractivity contribution in [2.24, 2.45) is 18.9 Å². The van der Waals surface area contributed by atoms with Crippen LogP contribution in [-0.2, 0) is 13.6 Å². The first-order valence-corrected chi connectivity index (χ1v) is 10.7. The lowest BCUT2D eigenvalue weighted by Crippen LogP contribution is -2.46. The van der Waals surface area contributed by atoms with Crippen LogP contribution in [0, 0.1) is 17.7 Å². The molecule has 1 aliphatic carbocycles. The summed E-state index contributed by atoms with van der Waals surface area (Å²) in [5.41, 5.74) is -0.266. The van der Waals surface area contributed by atoms with E-state index in [0.29, 0.717) is 17.5 Å². The van der Waals surface area contributed by atoms with Gasteiger partial charge in [-0.1, -0.05) is 18.2 Å². The highest BCUT2D eigenvalue weighted by atomic mass is 19.3. The minimum atomic E-state index is -2.94. The van der Waals surface area contributed by atoms with Crippen LogP contribution in [0.5, 0.6) is 0 Å². The number of nitrogens with one attached hydrogen (secondary N) is 2. The zero-order valence-electron chi connectivity index (χ0n) is 18.1. The number of alkyl halides is 2. The lowest BCUT2D eigenvalue weighted by molar-refractivity contribution is 0.0950. The Balaban J connectivity index is 1.55. The molecular weight excluding hydrogens is 421 g/mol. The highest BCUT2D eigenvalue weighted by Gasteiger charge is 2.41. The second-order valence-electron chi connectivity index (χ2n) is 8.84. The number of likely N-dealkylation sites (tertiary alicyclic amines) is 1. The first-order chi connectivity index (χ1) is 15.2. The first kappa shape index (κ1) is 22.4. The number of carbonyl (C=O) groups excluding carboxylic acids is 1. The minimum Gasteiger partial charge on any atom is -0.381 e. The standard InChI is InChI=1S/C23H27F3N4O2/c1-29-10-14-6-7-15(11-29)21(14)28-18-8-19(31)30(2)12-17(18)23(32)27-9-13-4-3-5-16(20(13)24)22(25)26/h3-5,8,12,14-15,21-22,28H,6-7,9-11H2,1-2H3,(H,27,32)/t14-,15?,21?/m0/s1. The monoisotopic (exact) mass is 448 g/mol. The van der Waals surface area contributed by atoms with Gasteiger partial charge >= 0.3 is 0 Å². The molecule has 172 valence electrons. The summed E-state index contributed by atoms with van der Waals surface area (Å²) < 4.78 is 41.5. The maximum absolute atomic E-state index is 14.3. The van der Waals surface area contributed by atoms with Crippen molar-refractivity contribution in [3.8, 4) is 0 Å². The lowest BCUT2D eigenvalue weighted by Gasteiger charge is -2.37. The molecule has 2 bridgehead atoms. The zero-order valence-corrected chi connectivity index (χ0v) is 18.1. The van der Waals surface area contributed by atoms with E-state index in [-0.39, 0.29) is 29.3 Å². The average molecular weight is 448 g/mol. The van der Waals surface area contributed by atoms with Gasteiger partial charge in [0, 0.05) is 50.6 Å². The number of hydrogen-bond acceptors (Lipinski definition) is 4. The third-order valence-electron chi connectivity index (χ3n) is 6.59. The van der Waals surface area contributed by atoms with E-state index in [2.05, 4.69) is 22.6 Å². The average Bonchev–Trinajstić information content (AvgIpc) is 2.97. The predicted molar refractivity (Wildman–Crippen MR) is 115 cm³/mol. The lowest BCUT2D eigenvalue weighted by atomic mass is 9.92. The molecule has 1 aromatic heterocycles. The Labute approximate surface area is 184 Å². The number of benzene rings is 1. The minimum absolute atomic E-state index is 0.0242. The molecule has 0 spiro atoms.